The van der Waals surface area contributed by atoms with Crippen LogP contribution >= 0.6 is 0 Å². The van der Waals surface area contributed by atoms with E-state index in [0.29, 0.717) is 34.8 Å². The molecule has 4 aromatic rings. The van der Waals surface area contributed by atoms with E-state index < -0.39 is 18.0 Å². The highest BCUT2D eigenvalue weighted by molar-refractivity contribution is 5.92. The Morgan fingerprint density at radius 2 is 1.74 bits per heavy atom. The molecule has 2 aromatic carbocycles. The van der Waals surface area contributed by atoms with E-state index in [2.05, 4.69) is 15.3 Å². The first-order valence-corrected chi connectivity index (χ1v) is 12.3. The molecule has 0 unspecified atom stereocenters. The highest BCUT2D eigenvalue weighted by atomic mass is 19.1. The number of H-pyrrole nitrogens is 1. The molecular weight excluding hydrogens is 493 g/mol. The molecule has 2 aromatic heterocycles. The number of carbonyl (C=O) groups excluding carboxylic acids is 1. The highest BCUT2D eigenvalue weighted by Gasteiger charge is 2.48. The summed E-state index contributed by atoms with van der Waals surface area (Å²) in [5.74, 6) is -0.247. The zero-order valence-corrected chi connectivity index (χ0v) is 20.5. The van der Waals surface area contributed by atoms with E-state index in [4.69, 9.17) is 18.9 Å². The first kappa shape index (κ1) is 24.5. The Balaban J connectivity index is 1.18. The van der Waals surface area contributed by atoms with Gasteiger partial charge < -0.3 is 34.4 Å². The van der Waals surface area contributed by atoms with Crippen LogP contribution in [0.15, 0.2) is 60.7 Å². The lowest BCUT2D eigenvalue weighted by Gasteiger charge is -2.16. The lowest BCUT2D eigenvalue weighted by atomic mass is 10.0. The number of carbonyl (C=O) groups is 1. The van der Waals surface area contributed by atoms with Gasteiger partial charge in [-0.1, -0.05) is 36.4 Å². The summed E-state index contributed by atoms with van der Waals surface area (Å²) < 4.78 is 37.1. The van der Waals surface area contributed by atoms with Gasteiger partial charge in [-0.25, -0.2) is 9.37 Å². The molecule has 2 aliphatic rings. The Morgan fingerprint density at radius 1 is 1.05 bits per heavy atom. The van der Waals surface area contributed by atoms with Crippen molar-refractivity contribution in [2.24, 2.45) is 0 Å². The standard InChI is InChI=1S/C28H26FN3O6/c1-35-14-24(34)30-18-8-6-16(7-9-18)15-2-4-17(5-3-15)26-19(29)10-20-21(32-26)11-25(31-20)38-23-13-37-27-22(33)12-36-28(23)27/h2-11,22-23,27-28,31,33H,12-14H2,1H3,(H,30,34)/t22-,23-,27-,28-/m1/s1. The predicted octanol–water partition coefficient (Wildman–Crippen LogP) is 3.53. The minimum Gasteiger partial charge on any atom is -0.470 e. The summed E-state index contributed by atoms with van der Waals surface area (Å²) in [6, 6.07) is 18.0. The van der Waals surface area contributed by atoms with Gasteiger partial charge in [0, 0.05) is 30.5 Å². The molecule has 0 radical (unpaired) electrons. The zero-order chi connectivity index (χ0) is 26.2. The fraction of sp³-hybridized carbons (Fsp3) is 0.286. The van der Waals surface area contributed by atoms with Crippen LogP contribution in [-0.4, -0.2) is 72.3 Å². The van der Waals surface area contributed by atoms with Crippen LogP contribution < -0.4 is 10.1 Å². The molecule has 4 heterocycles. The van der Waals surface area contributed by atoms with Crippen molar-refractivity contribution in [2.45, 2.75) is 24.4 Å². The molecule has 2 saturated heterocycles. The summed E-state index contributed by atoms with van der Waals surface area (Å²) in [7, 11) is 1.47. The molecule has 1 amide bonds. The number of nitrogens with zero attached hydrogens (tertiary/aromatic N) is 1. The third kappa shape index (κ3) is 4.74. The number of aliphatic hydroxyl groups is 1. The van der Waals surface area contributed by atoms with E-state index in [9.17, 15) is 9.90 Å². The number of aromatic amines is 1. The second-order valence-electron chi connectivity index (χ2n) is 9.34. The van der Waals surface area contributed by atoms with Crippen LogP contribution in [0.5, 0.6) is 5.88 Å². The third-order valence-corrected chi connectivity index (χ3v) is 6.73. The molecule has 0 aliphatic carbocycles. The van der Waals surface area contributed by atoms with Crippen molar-refractivity contribution in [3.8, 4) is 28.3 Å². The molecule has 38 heavy (non-hydrogen) atoms. The SMILES string of the molecule is COCC(=O)Nc1ccc(-c2ccc(-c3nc4cc(O[C@@H]5CO[C@H]6[C@@H]5OC[C@H]6O)[nH]c4cc3F)cc2)cc1. The van der Waals surface area contributed by atoms with Gasteiger partial charge in [0.25, 0.3) is 0 Å². The number of pyridine rings is 1. The predicted molar refractivity (Wildman–Crippen MR) is 137 cm³/mol. The van der Waals surface area contributed by atoms with Crippen LogP contribution in [0.1, 0.15) is 0 Å². The minimum absolute atomic E-state index is 0.00692. The number of aromatic nitrogens is 2. The second-order valence-corrected chi connectivity index (χ2v) is 9.34. The fourth-order valence-electron chi connectivity index (χ4n) is 4.87. The second kappa shape index (κ2) is 10.1. The summed E-state index contributed by atoms with van der Waals surface area (Å²) in [6.45, 7) is 0.509. The van der Waals surface area contributed by atoms with Gasteiger partial charge in [0.1, 0.15) is 30.6 Å². The number of amides is 1. The Kier molecular flexibility index (Phi) is 6.54. The largest absolute Gasteiger partial charge is 0.470 e. The molecule has 0 saturated carbocycles. The average molecular weight is 520 g/mol. The van der Waals surface area contributed by atoms with Crippen molar-refractivity contribution in [1.82, 2.24) is 9.97 Å². The normalized spacial score (nSPS) is 22.5. The number of rotatable bonds is 7. The molecule has 0 bridgehead atoms. The van der Waals surface area contributed by atoms with Gasteiger partial charge in [-0.2, -0.15) is 0 Å². The molecule has 2 aliphatic heterocycles. The summed E-state index contributed by atoms with van der Waals surface area (Å²) >= 11 is 0. The van der Waals surface area contributed by atoms with E-state index in [1.165, 1.54) is 13.2 Å². The molecule has 9 nitrogen and oxygen atoms in total. The van der Waals surface area contributed by atoms with Gasteiger partial charge in [-0.15, -0.1) is 0 Å². The molecule has 6 rings (SSSR count). The summed E-state index contributed by atoms with van der Waals surface area (Å²) in [5, 5.41) is 12.7. The average Bonchev–Trinajstić information content (AvgIpc) is 3.61. The molecule has 4 atom stereocenters. The van der Waals surface area contributed by atoms with Gasteiger partial charge in [0.05, 0.1) is 24.2 Å². The maximum Gasteiger partial charge on any atom is 0.250 e. The number of fused-ring (bicyclic) bond motifs is 2. The number of anilines is 1. The Morgan fingerprint density at radius 3 is 2.47 bits per heavy atom. The number of hydrogen-bond donors (Lipinski definition) is 3. The zero-order valence-electron chi connectivity index (χ0n) is 20.5. The number of halogens is 1. The summed E-state index contributed by atoms with van der Waals surface area (Å²) in [5.41, 5.74) is 4.52. The Bertz CT molecular complexity index is 1460. The monoisotopic (exact) mass is 519 g/mol. The van der Waals surface area contributed by atoms with Crippen molar-refractivity contribution in [3.05, 3.63) is 66.5 Å². The van der Waals surface area contributed by atoms with E-state index >= 15 is 4.39 Å². The molecule has 196 valence electrons. The van der Waals surface area contributed by atoms with Gasteiger partial charge in [0.15, 0.2) is 17.8 Å². The molecule has 3 N–H and O–H groups in total. The molecule has 10 heteroatoms. The van der Waals surface area contributed by atoms with E-state index in [0.717, 1.165) is 11.1 Å². The lowest BCUT2D eigenvalue weighted by Crippen LogP contribution is -2.34. The number of hydrogen-bond acceptors (Lipinski definition) is 7. The van der Waals surface area contributed by atoms with Crippen LogP contribution in [0.2, 0.25) is 0 Å². The van der Waals surface area contributed by atoms with Crippen molar-refractivity contribution >= 4 is 22.6 Å². The Labute approximate surface area is 217 Å². The van der Waals surface area contributed by atoms with Crippen molar-refractivity contribution in [1.29, 1.82) is 0 Å². The number of aliphatic hydroxyl groups excluding tert-OH is 1. The number of methoxy groups -OCH3 is 1. The molecule has 2 fully saturated rings. The van der Waals surface area contributed by atoms with Crippen LogP contribution in [-0.2, 0) is 19.0 Å². The Hall–Kier alpha value is -3.83. The van der Waals surface area contributed by atoms with Crippen LogP contribution in [0.4, 0.5) is 10.1 Å². The minimum atomic E-state index is -0.658. The third-order valence-electron chi connectivity index (χ3n) is 6.73. The van der Waals surface area contributed by atoms with Crippen molar-refractivity contribution in [2.75, 3.05) is 32.2 Å². The van der Waals surface area contributed by atoms with Crippen LogP contribution in [0, 0.1) is 5.82 Å². The summed E-state index contributed by atoms with van der Waals surface area (Å²) in [4.78, 5) is 19.3. The van der Waals surface area contributed by atoms with Crippen LogP contribution in [0.25, 0.3) is 33.4 Å². The highest BCUT2D eigenvalue weighted by Crippen LogP contribution is 2.32. The molecule has 0 spiro atoms. The van der Waals surface area contributed by atoms with Crippen molar-refractivity contribution in [3.63, 3.8) is 0 Å². The van der Waals surface area contributed by atoms with Crippen molar-refractivity contribution < 1.29 is 33.2 Å². The quantitative estimate of drug-likeness (QED) is 0.342. The first-order chi connectivity index (χ1) is 18.5. The van der Waals surface area contributed by atoms with Gasteiger partial charge in [-0.3, -0.25) is 4.79 Å². The topological polar surface area (TPSA) is 115 Å². The van der Waals surface area contributed by atoms with Gasteiger partial charge in [0.2, 0.25) is 5.91 Å². The van der Waals surface area contributed by atoms with Gasteiger partial charge >= 0.3 is 0 Å². The number of benzene rings is 2. The summed E-state index contributed by atoms with van der Waals surface area (Å²) in [6.07, 6.45) is -1.78. The van der Waals surface area contributed by atoms with Gasteiger partial charge in [-0.05, 0) is 23.3 Å². The number of nitrogens with one attached hydrogen (secondary N) is 2. The molecular formula is C28H26FN3O6. The maximum absolute atomic E-state index is 15.0. The first-order valence-electron chi connectivity index (χ1n) is 12.3. The van der Waals surface area contributed by atoms with E-state index in [-0.39, 0.29) is 37.0 Å². The lowest BCUT2D eigenvalue weighted by molar-refractivity contribution is -0.119. The van der Waals surface area contributed by atoms with E-state index in [1.54, 1.807) is 6.07 Å². The van der Waals surface area contributed by atoms with E-state index in [1.807, 2.05) is 48.5 Å². The smallest absolute Gasteiger partial charge is 0.250 e. The maximum atomic E-state index is 15.0. The fourth-order valence-corrected chi connectivity index (χ4v) is 4.87. The number of ether oxygens (including phenoxy) is 4. The van der Waals surface area contributed by atoms with Crippen LogP contribution in [0.3, 0.4) is 0 Å².